The number of primary amides is 1. The maximum absolute atomic E-state index is 11.2. The molecule has 1 aromatic carbocycles. The van der Waals surface area contributed by atoms with E-state index in [1.165, 1.54) is 0 Å². The first-order chi connectivity index (χ1) is 13.6. The fourth-order valence-electron chi connectivity index (χ4n) is 3.45. The fraction of sp³-hybridized carbons (Fsp3) is 0.619. The van der Waals surface area contributed by atoms with E-state index in [-0.39, 0.29) is 35.8 Å². The lowest BCUT2D eigenvalue weighted by molar-refractivity contribution is -0.123. The molecule has 1 amide bonds. The summed E-state index contributed by atoms with van der Waals surface area (Å²) in [6.45, 7) is 7.22. The van der Waals surface area contributed by atoms with Crippen LogP contribution in [0.5, 0.6) is 5.75 Å². The number of nitrogens with zero attached hydrogens (tertiary/aromatic N) is 2. The van der Waals surface area contributed by atoms with Crippen molar-refractivity contribution >= 4 is 35.8 Å². The van der Waals surface area contributed by atoms with Crippen molar-refractivity contribution in [1.29, 1.82) is 0 Å². The van der Waals surface area contributed by atoms with Gasteiger partial charge in [0.1, 0.15) is 5.75 Å². The predicted molar refractivity (Wildman–Crippen MR) is 129 cm³/mol. The van der Waals surface area contributed by atoms with Gasteiger partial charge in [-0.3, -0.25) is 9.79 Å². The Morgan fingerprint density at radius 1 is 1.24 bits per heavy atom. The van der Waals surface area contributed by atoms with Gasteiger partial charge in [-0.05, 0) is 58.3 Å². The second-order valence-electron chi connectivity index (χ2n) is 7.12. The molecule has 1 aliphatic rings. The lowest BCUT2D eigenvalue weighted by Crippen LogP contribution is -2.39. The normalized spacial score (nSPS) is 15.4. The smallest absolute Gasteiger partial charge is 0.220 e. The Kier molecular flexibility index (Phi) is 12.7. The molecule has 1 fully saturated rings. The third-order valence-electron chi connectivity index (χ3n) is 5.13. The van der Waals surface area contributed by atoms with Gasteiger partial charge in [-0.25, -0.2) is 0 Å². The summed E-state index contributed by atoms with van der Waals surface area (Å²) < 4.78 is 5.66. The number of nitrogens with one attached hydrogen (secondary N) is 2. The zero-order chi connectivity index (χ0) is 20.2. The monoisotopic (exact) mass is 517 g/mol. The van der Waals surface area contributed by atoms with E-state index < -0.39 is 0 Å². The number of benzene rings is 1. The number of guanidine groups is 1. The first-order valence-electron chi connectivity index (χ1n) is 10.3. The SMILES string of the molecule is CCOc1ccccc1CNC(=NC)NCCCCN1CCC(C(N)=O)CC1.I. The van der Waals surface area contributed by atoms with Gasteiger partial charge in [0.15, 0.2) is 5.96 Å². The Morgan fingerprint density at radius 2 is 1.97 bits per heavy atom. The highest BCUT2D eigenvalue weighted by atomic mass is 127. The molecule has 0 atom stereocenters. The maximum Gasteiger partial charge on any atom is 0.220 e. The van der Waals surface area contributed by atoms with E-state index in [9.17, 15) is 4.79 Å². The highest BCUT2D eigenvalue weighted by molar-refractivity contribution is 14.0. The molecule has 29 heavy (non-hydrogen) atoms. The average molecular weight is 517 g/mol. The largest absolute Gasteiger partial charge is 0.494 e. The Bertz CT molecular complexity index is 633. The number of aliphatic imine (C=N–C) groups is 1. The second kappa shape index (κ2) is 14.4. The standard InChI is InChI=1S/C21H35N5O2.HI/c1-3-28-19-9-5-4-8-18(19)16-25-21(23-2)24-12-6-7-13-26-14-10-17(11-15-26)20(22)27;/h4-5,8-9,17H,3,6-7,10-16H2,1-2H3,(H2,22,27)(H2,23,24,25);1H. The molecule has 0 aromatic heterocycles. The summed E-state index contributed by atoms with van der Waals surface area (Å²) in [6, 6.07) is 8.05. The highest BCUT2D eigenvalue weighted by Crippen LogP contribution is 2.18. The Labute approximate surface area is 191 Å². The van der Waals surface area contributed by atoms with Crippen LogP contribution in [0.3, 0.4) is 0 Å². The van der Waals surface area contributed by atoms with Gasteiger partial charge in [0.25, 0.3) is 0 Å². The number of ether oxygens (including phenoxy) is 1. The van der Waals surface area contributed by atoms with Crippen LogP contribution in [0.4, 0.5) is 0 Å². The second-order valence-corrected chi connectivity index (χ2v) is 7.12. The predicted octanol–water partition coefficient (Wildman–Crippen LogP) is 2.35. The van der Waals surface area contributed by atoms with E-state index in [4.69, 9.17) is 10.5 Å². The molecular weight excluding hydrogens is 481 g/mol. The zero-order valence-corrected chi connectivity index (χ0v) is 20.0. The van der Waals surface area contributed by atoms with Crippen LogP contribution in [0, 0.1) is 5.92 Å². The van der Waals surface area contributed by atoms with Gasteiger partial charge >= 0.3 is 0 Å². The number of amides is 1. The lowest BCUT2D eigenvalue weighted by Gasteiger charge is -2.30. The molecule has 1 heterocycles. The van der Waals surface area contributed by atoms with Crippen molar-refractivity contribution in [1.82, 2.24) is 15.5 Å². The first-order valence-corrected chi connectivity index (χ1v) is 10.3. The van der Waals surface area contributed by atoms with Gasteiger partial charge in [0.2, 0.25) is 5.91 Å². The number of hydrogen-bond acceptors (Lipinski definition) is 4. The molecule has 0 radical (unpaired) electrons. The van der Waals surface area contributed by atoms with Crippen molar-refractivity contribution in [3.05, 3.63) is 29.8 Å². The number of unbranched alkanes of at least 4 members (excludes halogenated alkanes) is 1. The summed E-state index contributed by atoms with van der Waals surface area (Å²) in [4.78, 5) is 17.9. The summed E-state index contributed by atoms with van der Waals surface area (Å²) in [5, 5.41) is 6.71. The molecule has 0 saturated carbocycles. The van der Waals surface area contributed by atoms with Gasteiger partial charge in [-0.1, -0.05) is 18.2 Å². The molecule has 0 unspecified atom stereocenters. The molecule has 2 rings (SSSR count). The van der Waals surface area contributed by atoms with Gasteiger partial charge in [0, 0.05) is 31.6 Å². The van der Waals surface area contributed by atoms with E-state index in [1.807, 2.05) is 25.1 Å². The minimum Gasteiger partial charge on any atom is -0.494 e. The number of nitrogens with two attached hydrogens (primary N) is 1. The van der Waals surface area contributed by atoms with Gasteiger partial charge in [0.05, 0.1) is 6.61 Å². The minimum absolute atomic E-state index is 0. The van der Waals surface area contributed by atoms with Gasteiger partial charge in [-0.2, -0.15) is 0 Å². The Balaban J connectivity index is 0.00000420. The summed E-state index contributed by atoms with van der Waals surface area (Å²) in [6.07, 6.45) is 3.99. The van der Waals surface area contributed by atoms with Crippen molar-refractivity contribution in [2.24, 2.45) is 16.6 Å². The van der Waals surface area contributed by atoms with E-state index in [1.54, 1.807) is 7.05 Å². The Morgan fingerprint density at radius 3 is 2.62 bits per heavy atom. The van der Waals surface area contributed by atoms with Gasteiger partial charge < -0.3 is 26.0 Å². The van der Waals surface area contributed by atoms with Crippen molar-refractivity contribution in [2.45, 2.75) is 39.2 Å². The number of halogens is 1. The molecular formula is C21H36IN5O2. The summed E-state index contributed by atoms with van der Waals surface area (Å²) in [7, 11) is 1.78. The molecule has 1 aliphatic heterocycles. The van der Waals surface area contributed by atoms with Gasteiger partial charge in [-0.15, -0.1) is 24.0 Å². The molecule has 8 heteroatoms. The third-order valence-corrected chi connectivity index (χ3v) is 5.13. The van der Waals surface area contributed by atoms with Crippen molar-refractivity contribution < 1.29 is 9.53 Å². The van der Waals surface area contributed by atoms with Crippen LogP contribution in [0.2, 0.25) is 0 Å². The van der Waals surface area contributed by atoms with Crippen molar-refractivity contribution in [3.8, 4) is 5.75 Å². The molecule has 0 spiro atoms. The number of likely N-dealkylation sites (tertiary alicyclic amines) is 1. The van der Waals surface area contributed by atoms with Crippen LogP contribution in [-0.4, -0.2) is 56.6 Å². The fourth-order valence-corrected chi connectivity index (χ4v) is 3.45. The number of rotatable bonds is 10. The van der Waals surface area contributed by atoms with E-state index >= 15 is 0 Å². The number of carbonyl (C=O) groups is 1. The Hall–Kier alpha value is -1.55. The van der Waals surface area contributed by atoms with Crippen LogP contribution >= 0.6 is 24.0 Å². The molecule has 0 bridgehead atoms. The lowest BCUT2D eigenvalue weighted by atomic mass is 9.96. The maximum atomic E-state index is 11.2. The average Bonchev–Trinajstić information content (AvgIpc) is 2.71. The van der Waals surface area contributed by atoms with E-state index in [0.29, 0.717) is 13.2 Å². The van der Waals surface area contributed by atoms with E-state index in [0.717, 1.165) is 69.1 Å². The minimum atomic E-state index is -0.147. The number of piperidine rings is 1. The summed E-state index contributed by atoms with van der Waals surface area (Å²) in [5.74, 6) is 1.63. The number of hydrogen-bond donors (Lipinski definition) is 3. The zero-order valence-electron chi connectivity index (χ0n) is 17.7. The van der Waals surface area contributed by atoms with Crippen LogP contribution in [0.25, 0.3) is 0 Å². The molecule has 4 N–H and O–H groups in total. The van der Waals surface area contributed by atoms with Crippen LogP contribution < -0.4 is 21.1 Å². The molecule has 1 aromatic rings. The van der Waals surface area contributed by atoms with Crippen LogP contribution in [0.1, 0.15) is 38.2 Å². The van der Waals surface area contributed by atoms with Crippen molar-refractivity contribution in [2.75, 3.05) is 39.8 Å². The number of carbonyl (C=O) groups excluding carboxylic acids is 1. The molecule has 0 aliphatic carbocycles. The highest BCUT2D eigenvalue weighted by Gasteiger charge is 2.22. The number of para-hydroxylation sites is 1. The molecule has 1 saturated heterocycles. The topological polar surface area (TPSA) is 92.0 Å². The molecule has 7 nitrogen and oxygen atoms in total. The molecule has 164 valence electrons. The van der Waals surface area contributed by atoms with Crippen LogP contribution in [0.15, 0.2) is 29.3 Å². The summed E-state index contributed by atoms with van der Waals surface area (Å²) >= 11 is 0. The quantitative estimate of drug-likeness (QED) is 0.192. The third kappa shape index (κ3) is 9.20. The van der Waals surface area contributed by atoms with Crippen LogP contribution in [-0.2, 0) is 11.3 Å². The van der Waals surface area contributed by atoms with E-state index in [2.05, 4.69) is 26.6 Å². The summed E-state index contributed by atoms with van der Waals surface area (Å²) in [5.41, 5.74) is 6.51. The van der Waals surface area contributed by atoms with Crippen molar-refractivity contribution in [3.63, 3.8) is 0 Å². The first kappa shape index (κ1) is 25.5.